The number of rotatable bonds is 3. The van der Waals surface area contributed by atoms with E-state index in [0.29, 0.717) is 5.03 Å². The Morgan fingerprint density at radius 3 is 2.56 bits per heavy atom. The van der Waals surface area contributed by atoms with Gasteiger partial charge in [-0.25, -0.2) is 4.79 Å². The van der Waals surface area contributed by atoms with E-state index in [2.05, 4.69) is 6.58 Å². The lowest BCUT2D eigenvalue weighted by Crippen LogP contribution is -2.38. The first-order valence-electron chi connectivity index (χ1n) is 5.54. The van der Waals surface area contributed by atoms with Gasteiger partial charge in [-0.05, 0) is 12.8 Å². The van der Waals surface area contributed by atoms with Gasteiger partial charge in [0.25, 0.3) is 5.91 Å². The molecule has 88 valence electrons. The van der Waals surface area contributed by atoms with Crippen molar-refractivity contribution in [2.24, 2.45) is 0 Å². The summed E-state index contributed by atoms with van der Waals surface area (Å²) in [5.41, 5.74) is 0. The van der Waals surface area contributed by atoms with Gasteiger partial charge in [-0.15, -0.1) is 0 Å². The molecular formula is C11H15ClN2O2. The highest BCUT2D eigenvalue weighted by atomic mass is 35.5. The third-order valence-electron chi connectivity index (χ3n) is 3.18. The van der Waals surface area contributed by atoms with Crippen LogP contribution in [-0.2, 0) is 4.79 Å². The number of nitrogens with zero attached hydrogens (tertiary/aromatic N) is 2. The molecule has 1 aliphatic carbocycles. The number of halogens is 1. The molecule has 16 heavy (non-hydrogen) atoms. The van der Waals surface area contributed by atoms with Crippen LogP contribution >= 0.6 is 11.6 Å². The Bertz CT molecular complexity index is 337. The molecule has 0 unspecified atom stereocenters. The van der Waals surface area contributed by atoms with E-state index < -0.39 is 0 Å². The number of imide groups is 1. The molecule has 4 nitrogen and oxygen atoms in total. The maximum absolute atomic E-state index is 12.0. The second kappa shape index (κ2) is 4.45. The third-order valence-corrected chi connectivity index (χ3v) is 3.30. The average molecular weight is 243 g/mol. The Labute approximate surface area is 99.8 Å². The maximum atomic E-state index is 12.0. The Morgan fingerprint density at radius 1 is 1.38 bits per heavy atom. The first-order valence-corrected chi connectivity index (χ1v) is 5.91. The first kappa shape index (κ1) is 11.5. The van der Waals surface area contributed by atoms with E-state index in [9.17, 15) is 9.59 Å². The highest BCUT2D eigenvalue weighted by Gasteiger charge is 2.40. The number of amides is 3. The summed E-state index contributed by atoms with van der Waals surface area (Å²) in [7, 11) is 0. The zero-order chi connectivity index (χ0) is 11.7. The van der Waals surface area contributed by atoms with Gasteiger partial charge in [0.1, 0.15) is 6.54 Å². The van der Waals surface area contributed by atoms with Crippen LogP contribution in [0.1, 0.15) is 25.7 Å². The Balaban J connectivity index is 2.06. The van der Waals surface area contributed by atoms with E-state index in [4.69, 9.17) is 11.6 Å². The standard InChI is InChI=1S/C11H15ClN2O2/c1-8(12)6-14-10(15)7-13(11(14)16)9-4-2-3-5-9/h9H,1-7H2. The molecule has 1 saturated heterocycles. The van der Waals surface area contributed by atoms with E-state index >= 15 is 0 Å². The second-order valence-corrected chi connectivity index (χ2v) is 4.88. The van der Waals surface area contributed by atoms with Crippen molar-refractivity contribution in [1.29, 1.82) is 0 Å². The number of hydrogen-bond donors (Lipinski definition) is 0. The van der Waals surface area contributed by atoms with E-state index in [1.54, 1.807) is 4.90 Å². The Kier molecular flexibility index (Phi) is 3.19. The zero-order valence-electron chi connectivity index (χ0n) is 9.12. The van der Waals surface area contributed by atoms with Gasteiger partial charge in [0, 0.05) is 11.1 Å². The molecule has 0 spiro atoms. The molecule has 1 aliphatic heterocycles. The van der Waals surface area contributed by atoms with Crippen molar-refractivity contribution in [3.63, 3.8) is 0 Å². The summed E-state index contributed by atoms with van der Waals surface area (Å²) in [6, 6.07) is 0.0312. The maximum Gasteiger partial charge on any atom is 0.327 e. The minimum atomic E-state index is -0.210. The summed E-state index contributed by atoms with van der Waals surface area (Å²) >= 11 is 5.64. The van der Waals surface area contributed by atoms with Crippen LogP contribution in [0.4, 0.5) is 4.79 Å². The van der Waals surface area contributed by atoms with Gasteiger partial charge in [0.2, 0.25) is 0 Å². The van der Waals surface area contributed by atoms with E-state index in [1.165, 1.54) is 4.90 Å². The third kappa shape index (κ3) is 2.07. The number of carbonyl (C=O) groups excluding carboxylic acids is 2. The normalized spacial score (nSPS) is 22.3. The molecule has 3 amide bonds. The van der Waals surface area contributed by atoms with Crippen molar-refractivity contribution < 1.29 is 9.59 Å². The molecular weight excluding hydrogens is 228 g/mol. The van der Waals surface area contributed by atoms with Gasteiger partial charge in [-0.1, -0.05) is 31.0 Å². The fourth-order valence-corrected chi connectivity index (χ4v) is 2.51. The summed E-state index contributed by atoms with van der Waals surface area (Å²) < 4.78 is 0. The molecule has 0 aromatic carbocycles. The van der Waals surface area contributed by atoms with E-state index in [-0.39, 0.29) is 31.1 Å². The van der Waals surface area contributed by atoms with Crippen molar-refractivity contribution >= 4 is 23.5 Å². The minimum Gasteiger partial charge on any atom is -0.312 e. The molecule has 0 atom stereocenters. The van der Waals surface area contributed by atoms with Crippen LogP contribution in [0, 0.1) is 0 Å². The summed E-state index contributed by atoms with van der Waals surface area (Å²) in [4.78, 5) is 26.5. The summed E-state index contributed by atoms with van der Waals surface area (Å²) in [6.07, 6.45) is 4.30. The number of hydrogen-bond acceptors (Lipinski definition) is 2. The Hall–Kier alpha value is -1.03. The number of urea groups is 1. The van der Waals surface area contributed by atoms with Gasteiger partial charge < -0.3 is 4.90 Å². The lowest BCUT2D eigenvalue weighted by molar-refractivity contribution is -0.125. The lowest BCUT2D eigenvalue weighted by Gasteiger charge is -2.22. The second-order valence-electron chi connectivity index (χ2n) is 4.35. The van der Waals surface area contributed by atoms with Gasteiger partial charge in [0.15, 0.2) is 0 Å². The van der Waals surface area contributed by atoms with Gasteiger partial charge in [-0.3, -0.25) is 9.69 Å². The van der Waals surface area contributed by atoms with Crippen molar-refractivity contribution in [3.05, 3.63) is 11.6 Å². The van der Waals surface area contributed by atoms with Crippen molar-refractivity contribution in [3.8, 4) is 0 Å². The fraction of sp³-hybridized carbons (Fsp3) is 0.636. The molecule has 2 rings (SSSR count). The highest BCUT2D eigenvalue weighted by Crippen LogP contribution is 2.27. The molecule has 5 heteroatoms. The van der Waals surface area contributed by atoms with Crippen LogP contribution in [0.5, 0.6) is 0 Å². The quantitative estimate of drug-likeness (QED) is 0.710. The van der Waals surface area contributed by atoms with Crippen LogP contribution in [0.25, 0.3) is 0 Å². The van der Waals surface area contributed by atoms with Crippen LogP contribution in [-0.4, -0.2) is 40.9 Å². The predicted molar refractivity (Wildman–Crippen MR) is 61.1 cm³/mol. The molecule has 0 N–H and O–H groups in total. The molecule has 0 bridgehead atoms. The SMILES string of the molecule is C=C(Cl)CN1C(=O)CN(C2CCCC2)C1=O. The zero-order valence-corrected chi connectivity index (χ0v) is 9.87. The molecule has 2 fully saturated rings. The Morgan fingerprint density at radius 2 is 2.00 bits per heavy atom. The largest absolute Gasteiger partial charge is 0.327 e. The van der Waals surface area contributed by atoms with E-state index in [1.807, 2.05) is 0 Å². The molecule has 1 heterocycles. The summed E-state index contributed by atoms with van der Waals surface area (Å²) in [5.74, 6) is -0.168. The summed E-state index contributed by atoms with van der Waals surface area (Å²) in [6.45, 7) is 3.84. The number of carbonyl (C=O) groups is 2. The van der Waals surface area contributed by atoms with Crippen LogP contribution in [0.3, 0.4) is 0 Å². The van der Waals surface area contributed by atoms with Gasteiger partial charge >= 0.3 is 6.03 Å². The smallest absolute Gasteiger partial charge is 0.312 e. The fourth-order valence-electron chi connectivity index (χ4n) is 2.39. The average Bonchev–Trinajstić information content (AvgIpc) is 2.80. The van der Waals surface area contributed by atoms with Gasteiger partial charge in [-0.2, -0.15) is 0 Å². The van der Waals surface area contributed by atoms with Crippen LogP contribution < -0.4 is 0 Å². The molecule has 0 aromatic heterocycles. The summed E-state index contributed by atoms with van der Waals surface area (Å²) in [5, 5.41) is 0.315. The molecule has 0 aromatic rings. The van der Waals surface area contributed by atoms with Crippen molar-refractivity contribution in [1.82, 2.24) is 9.80 Å². The molecule has 0 radical (unpaired) electrons. The van der Waals surface area contributed by atoms with Crippen LogP contribution in [0.2, 0.25) is 0 Å². The van der Waals surface area contributed by atoms with E-state index in [0.717, 1.165) is 25.7 Å². The molecule has 2 aliphatic rings. The molecule has 1 saturated carbocycles. The van der Waals surface area contributed by atoms with Crippen molar-refractivity contribution in [2.75, 3.05) is 13.1 Å². The minimum absolute atomic E-state index is 0.127. The topological polar surface area (TPSA) is 40.6 Å². The first-order chi connectivity index (χ1) is 7.59. The van der Waals surface area contributed by atoms with Gasteiger partial charge in [0.05, 0.1) is 6.54 Å². The monoisotopic (exact) mass is 242 g/mol. The highest BCUT2D eigenvalue weighted by molar-refractivity contribution is 6.29. The van der Waals surface area contributed by atoms with Crippen molar-refractivity contribution in [2.45, 2.75) is 31.7 Å². The predicted octanol–water partition coefficient (Wildman–Crippen LogP) is 1.95. The lowest BCUT2D eigenvalue weighted by atomic mass is 10.2. The van der Waals surface area contributed by atoms with Crippen LogP contribution in [0.15, 0.2) is 11.6 Å².